The molecule has 0 radical (unpaired) electrons. The van der Waals surface area contributed by atoms with Crippen LogP contribution in [0.15, 0.2) is 30.1 Å². The molecule has 0 saturated heterocycles. The van der Waals surface area contributed by atoms with Gasteiger partial charge in [-0.1, -0.05) is 23.3 Å². The summed E-state index contributed by atoms with van der Waals surface area (Å²) in [7, 11) is 0. The highest BCUT2D eigenvalue weighted by atomic mass is 35.5. The Labute approximate surface area is 88.8 Å². The maximum atomic E-state index is 6.02. The van der Waals surface area contributed by atoms with E-state index in [2.05, 4.69) is 11.1 Å². The molecule has 1 aliphatic rings. The van der Waals surface area contributed by atoms with Crippen molar-refractivity contribution in [2.24, 2.45) is 5.73 Å². The summed E-state index contributed by atoms with van der Waals surface area (Å²) in [5.41, 5.74) is 8.33. The van der Waals surface area contributed by atoms with E-state index in [0.717, 1.165) is 29.8 Å². The summed E-state index contributed by atoms with van der Waals surface area (Å²) >= 11 is 6.02. The van der Waals surface area contributed by atoms with E-state index in [1.165, 1.54) is 5.57 Å². The molecule has 1 aromatic heterocycles. The van der Waals surface area contributed by atoms with Crippen LogP contribution in [0.2, 0.25) is 5.02 Å². The third-order valence-corrected chi connectivity index (χ3v) is 2.86. The van der Waals surface area contributed by atoms with Crippen molar-refractivity contribution < 1.29 is 0 Å². The number of rotatable bonds is 2. The van der Waals surface area contributed by atoms with Crippen LogP contribution in [-0.4, -0.2) is 11.0 Å². The first-order valence-corrected chi connectivity index (χ1v) is 5.17. The van der Waals surface area contributed by atoms with Crippen LogP contribution >= 0.6 is 11.6 Å². The smallest absolute Gasteiger partial charge is 0.0624 e. The molecule has 74 valence electrons. The molecule has 2 nitrogen and oxygen atoms in total. The minimum atomic E-state index is 0.241. The number of halogens is 1. The highest BCUT2D eigenvalue weighted by Crippen LogP contribution is 2.24. The molecular formula is C11H13ClN2. The fourth-order valence-electron chi connectivity index (χ4n) is 1.76. The van der Waals surface area contributed by atoms with Gasteiger partial charge in [0.2, 0.25) is 0 Å². The third kappa shape index (κ3) is 2.14. The van der Waals surface area contributed by atoms with Gasteiger partial charge in [-0.2, -0.15) is 0 Å². The van der Waals surface area contributed by atoms with Crippen molar-refractivity contribution in [3.8, 4) is 0 Å². The summed E-state index contributed by atoms with van der Waals surface area (Å²) < 4.78 is 0. The lowest BCUT2D eigenvalue weighted by Gasteiger charge is -2.03. The second-order valence-corrected chi connectivity index (χ2v) is 4.08. The second kappa shape index (κ2) is 4.11. The van der Waals surface area contributed by atoms with E-state index >= 15 is 0 Å². The van der Waals surface area contributed by atoms with Gasteiger partial charge in [0.05, 0.1) is 5.02 Å². The first-order valence-electron chi connectivity index (χ1n) is 4.79. The molecule has 2 rings (SSSR count). The fraction of sp³-hybridized carbons (Fsp3) is 0.364. The summed E-state index contributed by atoms with van der Waals surface area (Å²) in [5.74, 6) is 0. The third-order valence-electron chi connectivity index (χ3n) is 2.52. The Morgan fingerprint density at radius 3 is 3.07 bits per heavy atom. The molecular weight excluding hydrogens is 196 g/mol. The van der Waals surface area contributed by atoms with Crippen LogP contribution in [0.3, 0.4) is 0 Å². The maximum Gasteiger partial charge on any atom is 0.0624 e. The average Bonchev–Trinajstić information content (AvgIpc) is 2.56. The minimum Gasteiger partial charge on any atom is -0.324 e. The number of hydrogen-bond donors (Lipinski definition) is 1. The summed E-state index contributed by atoms with van der Waals surface area (Å²) in [5, 5.41) is 0.744. The molecule has 14 heavy (non-hydrogen) atoms. The molecule has 1 unspecified atom stereocenters. The Kier molecular flexibility index (Phi) is 2.85. The van der Waals surface area contributed by atoms with E-state index in [0.29, 0.717) is 0 Å². The molecule has 1 atom stereocenters. The van der Waals surface area contributed by atoms with Gasteiger partial charge < -0.3 is 5.73 Å². The zero-order chi connectivity index (χ0) is 9.97. The molecule has 1 aliphatic carbocycles. The molecule has 3 heteroatoms. The predicted molar refractivity (Wildman–Crippen MR) is 58.2 cm³/mol. The molecule has 2 N–H and O–H groups in total. The van der Waals surface area contributed by atoms with Gasteiger partial charge in [0.1, 0.15) is 0 Å². The number of allylic oxidation sites excluding steroid dienone is 1. The molecule has 0 saturated carbocycles. The molecule has 0 fully saturated rings. The zero-order valence-corrected chi connectivity index (χ0v) is 8.67. The Bertz CT molecular complexity index is 360. The van der Waals surface area contributed by atoms with E-state index in [9.17, 15) is 0 Å². The van der Waals surface area contributed by atoms with E-state index in [1.807, 2.05) is 6.07 Å². The van der Waals surface area contributed by atoms with Crippen LogP contribution in [0.25, 0.3) is 0 Å². The van der Waals surface area contributed by atoms with Gasteiger partial charge in [0, 0.05) is 18.4 Å². The van der Waals surface area contributed by atoms with Gasteiger partial charge in [-0.25, -0.2) is 0 Å². The molecule has 0 aliphatic heterocycles. The molecule has 0 amide bonds. The highest BCUT2D eigenvalue weighted by Gasteiger charge is 2.12. The zero-order valence-electron chi connectivity index (χ0n) is 7.91. The number of aromatic nitrogens is 1. The van der Waals surface area contributed by atoms with Gasteiger partial charge >= 0.3 is 0 Å². The van der Waals surface area contributed by atoms with E-state index < -0.39 is 0 Å². The minimum absolute atomic E-state index is 0.241. The lowest BCUT2D eigenvalue weighted by molar-refractivity contribution is 0.770. The largest absolute Gasteiger partial charge is 0.324 e. The van der Waals surface area contributed by atoms with Gasteiger partial charge in [-0.15, -0.1) is 0 Å². The average molecular weight is 209 g/mol. The monoisotopic (exact) mass is 208 g/mol. The van der Waals surface area contributed by atoms with Gasteiger partial charge in [-0.05, 0) is 30.9 Å². The summed E-state index contributed by atoms with van der Waals surface area (Å²) in [6.07, 6.45) is 8.69. The normalized spacial score (nSPS) is 21.0. The fourth-order valence-corrected chi connectivity index (χ4v) is 1.95. The van der Waals surface area contributed by atoms with Crippen molar-refractivity contribution in [2.45, 2.75) is 25.3 Å². The highest BCUT2D eigenvalue weighted by molar-refractivity contribution is 6.31. The van der Waals surface area contributed by atoms with Crippen molar-refractivity contribution in [2.75, 3.05) is 0 Å². The van der Waals surface area contributed by atoms with Crippen molar-refractivity contribution >= 4 is 11.6 Å². The van der Waals surface area contributed by atoms with Crippen molar-refractivity contribution in [1.82, 2.24) is 4.98 Å². The summed E-state index contributed by atoms with van der Waals surface area (Å²) in [6, 6.07) is 2.21. The Hall–Kier alpha value is -0.860. The number of nitrogens with two attached hydrogens (primary N) is 1. The van der Waals surface area contributed by atoms with Crippen molar-refractivity contribution in [3.05, 3.63) is 40.7 Å². The number of nitrogens with zero attached hydrogens (tertiary/aromatic N) is 1. The van der Waals surface area contributed by atoms with Gasteiger partial charge in [0.15, 0.2) is 0 Å². The van der Waals surface area contributed by atoms with Gasteiger partial charge in [-0.3, -0.25) is 4.98 Å². The van der Waals surface area contributed by atoms with Crippen molar-refractivity contribution in [1.29, 1.82) is 0 Å². The molecule has 1 heterocycles. The lowest BCUT2D eigenvalue weighted by Crippen LogP contribution is -2.11. The topological polar surface area (TPSA) is 38.9 Å². The van der Waals surface area contributed by atoms with E-state index in [1.54, 1.807) is 12.4 Å². The van der Waals surface area contributed by atoms with Crippen molar-refractivity contribution in [3.63, 3.8) is 0 Å². The first-order chi connectivity index (χ1) is 6.75. The van der Waals surface area contributed by atoms with Crippen LogP contribution in [0, 0.1) is 0 Å². The lowest BCUT2D eigenvalue weighted by atomic mass is 10.1. The molecule has 0 spiro atoms. The van der Waals surface area contributed by atoms with Crippen LogP contribution in [0.1, 0.15) is 18.4 Å². The Balaban J connectivity index is 2.12. The quantitative estimate of drug-likeness (QED) is 0.758. The Morgan fingerprint density at radius 2 is 2.43 bits per heavy atom. The van der Waals surface area contributed by atoms with E-state index in [-0.39, 0.29) is 6.04 Å². The van der Waals surface area contributed by atoms with Gasteiger partial charge in [0.25, 0.3) is 0 Å². The van der Waals surface area contributed by atoms with Crippen LogP contribution in [0.5, 0.6) is 0 Å². The van der Waals surface area contributed by atoms with Crippen LogP contribution < -0.4 is 5.73 Å². The van der Waals surface area contributed by atoms with Crippen LogP contribution in [-0.2, 0) is 6.42 Å². The summed E-state index contributed by atoms with van der Waals surface area (Å²) in [6.45, 7) is 0. The number of hydrogen-bond acceptors (Lipinski definition) is 2. The maximum absolute atomic E-state index is 6.02. The molecule has 1 aromatic rings. The predicted octanol–water partition coefficient (Wildman–Crippen LogP) is 2.33. The number of pyridine rings is 1. The second-order valence-electron chi connectivity index (χ2n) is 3.67. The summed E-state index contributed by atoms with van der Waals surface area (Å²) in [4.78, 5) is 3.96. The SMILES string of the molecule is NC1C=C(Cc2ccncc2Cl)CC1. The standard InChI is InChI=1S/C11H13ClN2/c12-11-7-14-4-3-9(11)5-8-1-2-10(13)6-8/h3-4,6-7,10H,1-2,5,13H2. The molecule has 0 bridgehead atoms. The first kappa shape index (κ1) is 9.69. The van der Waals surface area contributed by atoms with Crippen LogP contribution in [0.4, 0.5) is 0 Å². The van der Waals surface area contributed by atoms with E-state index in [4.69, 9.17) is 17.3 Å². The Morgan fingerprint density at radius 1 is 1.57 bits per heavy atom. The molecule has 0 aromatic carbocycles.